The molecule has 1 aliphatic rings. The predicted octanol–water partition coefficient (Wildman–Crippen LogP) is 3.39. The summed E-state index contributed by atoms with van der Waals surface area (Å²) < 4.78 is 0. The Labute approximate surface area is 155 Å². The molecule has 2 rings (SSSR count). The molecule has 0 unspecified atom stereocenters. The summed E-state index contributed by atoms with van der Waals surface area (Å²) in [5.41, 5.74) is 7.80. The zero-order valence-electron chi connectivity index (χ0n) is 13.7. The first-order valence-corrected chi connectivity index (χ1v) is 8.06. The summed E-state index contributed by atoms with van der Waals surface area (Å²) in [4.78, 5) is 15.5. The molecular weight excluding hydrogens is 403 g/mol. The number of carbonyl (C=O) groups excluding carboxylic acids is 1. The zero-order chi connectivity index (χ0) is 15.8. The zero-order valence-corrected chi connectivity index (χ0v) is 16.0. The third-order valence-corrected chi connectivity index (χ3v) is 3.89. The normalized spacial score (nSPS) is 16.1. The lowest BCUT2D eigenvalue weighted by Gasteiger charge is -2.16. The monoisotopic (exact) mass is 430 g/mol. The van der Waals surface area contributed by atoms with Gasteiger partial charge in [-0.2, -0.15) is 0 Å². The molecule has 1 saturated carbocycles. The van der Waals surface area contributed by atoms with Crippen LogP contribution in [-0.4, -0.2) is 17.9 Å². The lowest BCUT2D eigenvalue weighted by Crippen LogP contribution is -2.39. The van der Waals surface area contributed by atoms with Gasteiger partial charge in [-0.25, -0.2) is 4.99 Å². The molecule has 1 aromatic carbocycles. The van der Waals surface area contributed by atoms with Crippen LogP contribution in [0.5, 0.6) is 0 Å². The van der Waals surface area contributed by atoms with E-state index in [9.17, 15) is 4.79 Å². The molecule has 1 aromatic rings. The van der Waals surface area contributed by atoms with Gasteiger partial charge in [0.2, 0.25) is 5.91 Å². The first-order valence-electron chi connectivity index (χ1n) is 8.06. The van der Waals surface area contributed by atoms with E-state index in [1.54, 1.807) is 0 Å². The fourth-order valence-corrected chi connectivity index (χ4v) is 2.81. The number of carbonyl (C=O) groups is 1. The van der Waals surface area contributed by atoms with Crippen LogP contribution in [0.25, 0.3) is 0 Å². The van der Waals surface area contributed by atoms with Gasteiger partial charge in [0.1, 0.15) is 0 Å². The van der Waals surface area contributed by atoms with Crippen LogP contribution in [0.3, 0.4) is 0 Å². The van der Waals surface area contributed by atoms with Crippen LogP contribution in [0.4, 0.5) is 5.69 Å². The van der Waals surface area contributed by atoms with E-state index >= 15 is 0 Å². The van der Waals surface area contributed by atoms with Gasteiger partial charge in [0.05, 0.1) is 6.54 Å². The van der Waals surface area contributed by atoms with E-state index in [0.717, 1.165) is 11.3 Å². The lowest BCUT2D eigenvalue weighted by atomic mass is 10.1. The maximum Gasteiger partial charge on any atom is 0.221 e. The topological polar surface area (TPSA) is 79.5 Å². The molecule has 0 heterocycles. The van der Waals surface area contributed by atoms with Crippen LogP contribution >= 0.6 is 24.0 Å². The SMILES string of the molecule is CC(=O)Nc1cccc(CN=C(N)NC2CCCCCC2)c1.I. The second kappa shape index (κ2) is 10.5. The van der Waals surface area contributed by atoms with Crippen molar-refractivity contribution in [1.82, 2.24) is 5.32 Å². The number of halogens is 1. The van der Waals surface area contributed by atoms with Crippen molar-refractivity contribution in [3.8, 4) is 0 Å². The van der Waals surface area contributed by atoms with Gasteiger partial charge in [-0.05, 0) is 30.5 Å². The Kier molecular flexibility index (Phi) is 8.98. The van der Waals surface area contributed by atoms with E-state index in [4.69, 9.17) is 5.73 Å². The van der Waals surface area contributed by atoms with Crippen molar-refractivity contribution in [3.63, 3.8) is 0 Å². The number of guanidine groups is 1. The first kappa shape index (κ1) is 19.7. The molecule has 0 atom stereocenters. The summed E-state index contributed by atoms with van der Waals surface area (Å²) in [6.45, 7) is 2.01. The van der Waals surface area contributed by atoms with Crippen molar-refractivity contribution >= 4 is 41.5 Å². The summed E-state index contributed by atoms with van der Waals surface area (Å²) in [7, 11) is 0. The standard InChI is InChI=1S/C17H26N4O.HI/c1-13(22)20-16-10-6-7-14(11-16)12-19-17(18)21-15-8-4-2-3-5-9-15;/h6-7,10-11,15H,2-5,8-9,12H2,1H3,(H,20,22)(H3,18,19,21);1H. The maximum atomic E-state index is 11.1. The van der Waals surface area contributed by atoms with Crippen LogP contribution in [0.15, 0.2) is 29.3 Å². The molecule has 1 aliphatic carbocycles. The summed E-state index contributed by atoms with van der Waals surface area (Å²) >= 11 is 0. The van der Waals surface area contributed by atoms with Gasteiger partial charge >= 0.3 is 0 Å². The summed E-state index contributed by atoms with van der Waals surface area (Å²) in [5.74, 6) is 0.437. The van der Waals surface area contributed by atoms with E-state index in [2.05, 4.69) is 15.6 Å². The molecule has 5 nitrogen and oxygen atoms in total. The van der Waals surface area contributed by atoms with E-state index in [1.165, 1.54) is 45.4 Å². The van der Waals surface area contributed by atoms with Crippen LogP contribution in [0, 0.1) is 0 Å². The average molecular weight is 430 g/mol. The molecular formula is C17H27IN4O. The third kappa shape index (κ3) is 7.67. The molecule has 6 heteroatoms. The molecule has 0 aromatic heterocycles. The average Bonchev–Trinajstić information content (AvgIpc) is 2.73. The van der Waals surface area contributed by atoms with Gasteiger partial charge in [0, 0.05) is 18.7 Å². The lowest BCUT2D eigenvalue weighted by molar-refractivity contribution is -0.114. The van der Waals surface area contributed by atoms with Crippen molar-refractivity contribution in [2.75, 3.05) is 5.32 Å². The van der Waals surface area contributed by atoms with E-state index in [0.29, 0.717) is 18.5 Å². The van der Waals surface area contributed by atoms with Crippen LogP contribution in [0.2, 0.25) is 0 Å². The van der Waals surface area contributed by atoms with Crippen molar-refractivity contribution in [1.29, 1.82) is 0 Å². The van der Waals surface area contributed by atoms with Crippen molar-refractivity contribution in [2.45, 2.75) is 58.0 Å². The van der Waals surface area contributed by atoms with Crippen molar-refractivity contribution < 1.29 is 4.79 Å². The van der Waals surface area contributed by atoms with E-state index in [-0.39, 0.29) is 29.9 Å². The highest BCUT2D eigenvalue weighted by molar-refractivity contribution is 14.0. The number of rotatable bonds is 4. The summed E-state index contributed by atoms with van der Waals surface area (Å²) in [6, 6.07) is 8.13. The summed E-state index contributed by atoms with van der Waals surface area (Å²) in [5, 5.41) is 6.11. The second-order valence-electron chi connectivity index (χ2n) is 5.92. The Morgan fingerprint density at radius 3 is 2.61 bits per heavy atom. The van der Waals surface area contributed by atoms with Crippen molar-refractivity contribution in [3.05, 3.63) is 29.8 Å². The molecule has 0 spiro atoms. The Balaban J connectivity index is 0.00000264. The van der Waals surface area contributed by atoms with Gasteiger partial charge in [-0.15, -0.1) is 24.0 Å². The Bertz CT molecular complexity index is 525. The quantitative estimate of drug-likeness (QED) is 0.297. The molecule has 0 radical (unpaired) electrons. The number of amides is 1. The van der Waals surface area contributed by atoms with E-state index in [1.807, 2.05) is 24.3 Å². The molecule has 1 fully saturated rings. The molecule has 4 N–H and O–H groups in total. The first-order chi connectivity index (χ1) is 10.6. The van der Waals surface area contributed by atoms with Crippen LogP contribution < -0.4 is 16.4 Å². The molecule has 0 bridgehead atoms. The van der Waals surface area contributed by atoms with Gasteiger partial charge < -0.3 is 16.4 Å². The maximum absolute atomic E-state index is 11.1. The Morgan fingerprint density at radius 2 is 1.96 bits per heavy atom. The van der Waals surface area contributed by atoms with Gasteiger partial charge in [-0.1, -0.05) is 37.8 Å². The smallest absolute Gasteiger partial charge is 0.221 e. The Morgan fingerprint density at radius 1 is 1.26 bits per heavy atom. The number of aliphatic imine (C=N–C) groups is 1. The summed E-state index contributed by atoms with van der Waals surface area (Å²) in [6.07, 6.45) is 7.53. The minimum atomic E-state index is -0.0739. The minimum Gasteiger partial charge on any atom is -0.370 e. The molecule has 0 aliphatic heterocycles. The number of nitrogens with two attached hydrogens (primary N) is 1. The fourth-order valence-electron chi connectivity index (χ4n) is 2.81. The number of hydrogen-bond donors (Lipinski definition) is 3. The van der Waals surface area contributed by atoms with Gasteiger partial charge in [0.25, 0.3) is 0 Å². The highest BCUT2D eigenvalue weighted by Crippen LogP contribution is 2.17. The van der Waals surface area contributed by atoms with Gasteiger partial charge in [0.15, 0.2) is 5.96 Å². The second-order valence-corrected chi connectivity index (χ2v) is 5.92. The van der Waals surface area contributed by atoms with Crippen molar-refractivity contribution in [2.24, 2.45) is 10.7 Å². The highest BCUT2D eigenvalue weighted by Gasteiger charge is 2.12. The number of hydrogen-bond acceptors (Lipinski definition) is 2. The minimum absolute atomic E-state index is 0. The predicted molar refractivity (Wildman–Crippen MR) is 106 cm³/mol. The number of benzene rings is 1. The molecule has 128 valence electrons. The molecule has 1 amide bonds. The fraction of sp³-hybridized carbons (Fsp3) is 0.529. The number of nitrogens with zero attached hydrogens (tertiary/aromatic N) is 1. The molecule has 0 saturated heterocycles. The van der Waals surface area contributed by atoms with Crippen LogP contribution in [0.1, 0.15) is 51.0 Å². The Hall–Kier alpha value is -1.31. The van der Waals surface area contributed by atoms with Crippen LogP contribution in [-0.2, 0) is 11.3 Å². The third-order valence-electron chi connectivity index (χ3n) is 3.89. The largest absolute Gasteiger partial charge is 0.370 e. The number of anilines is 1. The van der Waals surface area contributed by atoms with E-state index < -0.39 is 0 Å². The number of nitrogens with one attached hydrogen (secondary N) is 2. The van der Waals surface area contributed by atoms with Gasteiger partial charge in [-0.3, -0.25) is 4.79 Å². The molecule has 23 heavy (non-hydrogen) atoms. The highest BCUT2D eigenvalue weighted by atomic mass is 127.